The fourth-order valence-electron chi connectivity index (χ4n) is 3.54. The molecule has 1 aliphatic rings. The van der Waals surface area contributed by atoms with E-state index in [0.717, 1.165) is 24.0 Å². The van der Waals surface area contributed by atoms with E-state index in [-0.39, 0.29) is 24.1 Å². The summed E-state index contributed by atoms with van der Waals surface area (Å²) in [6.45, 7) is 2.31. The molecule has 2 aromatic rings. The van der Waals surface area contributed by atoms with Gasteiger partial charge < -0.3 is 19.5 Å². The fraction of sp³-hybridized carbons (Fsp3) is 0.381. The smallest absolute Gasteiger partial charge is 0.508 e. The molecule has 1 amide bonds. The molecule has 0 aromatic heterocycles. The predicted octanol–water partition coefficient (Wildman–Crippen LogP) is 4.81. The Morgan fingerprint density at radius 3 is 2.55 bits per heavy atom. The second kappa shape index (κ2) is 8.63. The summed E-state index contributed by atoms with van der Waals surface area (Å²) in [4.78, 5) is 14.2. The first-order valence-corrected chi connectivity index (χ1v) is 9.34. The third-order valence-corrected chi connectivity index (χ3v) is 4.93. The minimum Gasteiger partial charge on any atom is -0.508 e. The van der Waals surface area contributed by atoms with Crippen LogP contribution >= 0.6 is 0 Å². The van der Waals surface area contributed by atoms with Crippen LogP contribution in [0.4, 0.5) is 18.0 Å². The van der Waals surface area contributed by atoms with Crippen molar-refractivity contribution in [3.8, 4) is 11.5 Å². The number of alkyl halides is 3. The highest BCUT2D eigenvalue weighted by molar-refractivity contribution is 5.68. The molecule has 5 nitrogen and oxygen atoms in total. The van der Waals surface area contributed by atoms with Crippen molar-refractivity contribution in [3.05, 3.63) is 59.2 Å². The first-order chi connectivity index (χ1) is 13.7. The van der Waals surface area contributed by atoms with Gasteiger partial charge in [-0.15, -0.1) is 13.2 Å². The highest BCUT2D eigenvalue weighted by Gasteiger charge is 2.31. The van der Waals surface area contributed by atoms with Gasteiger partial charge in [0.05, 0.1) is 0 Å². The topological polar surface area (TPSA) is 59.0 Å². The van der Waals surface area contributed by atoms with Crippen LogP contribution in [0.5, 0.6) is 11.5 Å². The number of amides is 1. The molecule has 156 valence electrons. The molecule has 0 spiro atoms. The van der Waals surface area contributed by atoms with Crippen molar-refractivity contribution in [1.82, 2.24) is 4.90 Å². The van der Waals surface area contributed by atoms with E-state index in [0.29, 0.717) is 18.5 Å². The third kappa shape index (κ3) is 5.56. The summed E-state index contributed by atoms with van der Waals surface area (Å²) >= 11 is 0. The zero-order valence-electron chi connectivity index (χ0n) is 15.9. The molecule has 8 heteroatoms. The first-order valence-electron chi connectivity index (χ1n) is 9.34. The molecule has 29 heavy (non-hydrogen) atoms. The number of hydrogen-bond acceptors (Lipinski definition) is 4. The predicted molar refractivity (Wildman–Crippen MR) is 99.6 cm³/mol. The molecule has 1 N–H and O–H groups in total. The number of phenolic OH excluding ortho intramolecular Hbond substituents is 1. The van der Waals surface area contributed by atoms with Crippen molar-refractivity contribution in [1.29, 1.82) is 0 Å². The van der Waals surface area contributed by atoms with Gasteiger partial charge in [-0.3, -0.25) is 0 Å². The molecule has 0 saturated carbocycles. The van der Waals surface area contributed by atoms with Gasteiger partial charge in [-0.05, 0) is 67.1 Å². The standard InChI is InChI=1S/C21H22F3NO4/c1-2-25(17-7-5-16-12-18(26)8-6-15(16)11-17)20(27)28-13-14-3-9-19(10-4-14)29-21(22,23)24/h3-4,6,8-10,12,17,26H,2,5,7,11,13H2,1H3. The van der Waals surface area contributed by atoms with Gasteiger partial charge in [-0.1, -0.05) is 18.2 Å². The molecule has 1 aliphatic carbocycles. The van der Waals surface area contributed by atoms with Crippen LogP contribution in [0, 0.1) is 0 Å². The number of benzene rings is 2. The molecule has 3 rings (SSSR count). The Kier molecular flexibility index (Phi) is 6.20. The second-order valence-electron chi connectivity index (χ2n) is 6.88. The van der Waals surface area contributed by atoms with E-state index in [1.54, 1.807) is 17.0 Å². The zero-order chi connectivity index (χ0) is 21.0. The van der Waals surface area contributed by atoms with Crippen LogP contribution < -0.4 is 4.74 Å². The molecule has 0 bridgehead atoms. The van der Waals surface area contributed by atoms with Gasteiger partial charge in [0.15, 0.2) is 0 Å². The average molecular weight is 409 g/mol. The van der Waals surface area contributed by atoms with E-state index in [2.05, 4.69) is 4.74 Å². The largest absolute Gasteiger partial charge is 0.573 e. The van der Waals surface area contributed by atoms with Crippen molar-refractivity contribution in [2.24, 2.45) is 0 Å². The maximum Gasteiger partial charge on any atom is 0.573 e. The van der Waals surface area contributed by atoms with Crippen LogP contribution in [-0.2, 0) is 24.2 Å². The minimum absolute atomic E-state index is 0.00731. The average Bonchev–Trinajstić information content (AvgIpc) is 2.67. The molecular weight excluding hydrogens is 387 g/mol. The summed E-state index contributed by atoms with van der Waals surface area (Å²) in [5, 5.41) is 9.60. The Balaban J connectivity index is 1.57. The SMILES string of the molecule is CCN(C(=O)OCc1ccc(OC(F)(F)F)cc1)C1CCc2cc(O)ccc2C1. The molecule has 2 aromatic carbocycles. The van der Waals surface area contributed by atoms with Crippen LogP contribution in [-0.4, -0.2) is 35.0 Å². The lowest BCUT2D eigenvalue weighted by molar-refractivity contribution is -0.274. The van der Waals surface area contributed by atoms with E-state index >= 15 is 0 Å². The van der Waals surface area contributed by atoms with E-state index < -0.39 is 12.5 Å². The van der Waals surface area contributed by atoms with Crippen molar-refractivity contribution >= 4 is 6.09 Å². The maximum atomic E-state index is 12.6. The Labute approximate surface area is 166 Å². The van der Waals surface area contributed by atoms with Crippen LogP contribution in [0.1, 0.15) is 30.0 Å². The monoisotopic (exact) mass is 409 g/mol. The zero-order valence-corrected chi connectivity index (χ0v) is 15.9. The van der Waals surface area contributed by atoms with Crippen molar-refractivity contribution in [2.75, 3.05) is 6.54 Å². The molecule has 0 fully saturated rings. The summed E-state index contributed by atoms with van der Waals surface area (Å²) in [6, 6.07) is 10.5. The molecule has 0 heterocycles. The minimum atomic E-state index is -4.74. The Bertz CT molecular complexity index is 852. The number of halogens is 3. The highest BCUT2D eigenvalue weighted by Crippen LogP contribution is 2.28. The van der Waals surface area contributed by atoms with Crippen LogP contribution in [0.3, 0.4) is 0 Å². The summed E-state index contributed by atoms with van der Waals surface area (Å²) < 4.78 is 45.8. The summed E-state index contributed by atoms with van der Waals surface area (Å²) in [7, 11) is 0. The van der Waals surface area contributed by atoms with Gasteiger partial charge in [0.2, 0.25) is 0 Å². The van der Waals surface area contributed by atoms with Gasteiger partial charge in [0.25, 0.3) is 0 Å². The number of fused-ring (bicyclic) bond motifs is 1. The maximum absolute atomic E-state index is 12.6. The number of likely N-dealkylation sites (N-methyl/N-ethyl adjacent to an activating group) is 1. The molecular formula is C21H22F3NO4. The third-order valence-electron chi connectivity index (χ3n) is 4.93. The Morgan fingerprint density at radius 2 is 1.90 bits per heavy atom. The van der Waals surface area contributed by atoms with Crippen LogP contribution in [0.25, 0.3) is 0 Å². The van der Waals surface area contributed by atoms with Crippen LogP contribution in [0.2, 0.25) is 0 Å². The van der Waals surface area contributed by atoms with Crippen molar-refractivity contribution < 1.29 is 32.5 Å². The molecule has 1 atom stereocenters. The number of hydrogen-bond donors (Lipinski definition) is 1. The van der Waals surface area contributed by atoms with E-state index in [1.165, 1.54) is 24.3 Å². The Hall–Kier alpha value is -2.90. The lowest BCUT2D eigenvalue weighted by Gasteiger charge is -2.33. The molecule has 0 aliphatic heterocycles. The number of nitrogens with zero attached hydrogens (tertiary/aromatic N) is 1. The van der Waals surface area contributed by atoms with Gasteiger partial charge in [-0.25, -0.2) is 4.79 Å². The van der Waals surface area contributed by atoms with Crippen LogP contribution in [0.15, 0.2) is 42.5 Å². The highest BCUT2D eigenvalue weighted by atomic mass is 19.4. The number of carbonyl (C=O) groups is 1. The summed E-state index contributed by atoms with van der Waals surface area (Å²) in [5.74, 6) is -0.0877. The van der Waals surface area contributed by atoms with Gasteiger partial charge in [0, 0.05) is 12.6 Å². The number of carbonyl (C=O) groups excluding carboxylic acids is 1. The number of aromatic hydroxyl groups is 1. The fourth-order valence-corrected chi connectivity index (χ4v) is 3.54. The van der Waals surface area contributed by atoms with Gasteiger partial charge >= 0.3 is 12.5 Å². The lowest BCUT2D eigenvalue weighted by Crippen LogP contribution is -2.43. The Morgan fingerprint density at radius 1 is 1.17 bits per heavy atom. The number of aryl methyl sites for hydroxylation is 1. The first kappa shape index (κ1) is 20.8. The quantitative estimate of drug-likeness (QED) is 0.770. The van der Waals surface area contributed by atoms with Crippen molar-refractivity contribution in [3.63, 3.8) is 0 Å². The van der Waals surface area contributed by atoms with E-state index in [1.807, 2.05) is 13.0 Å². The molecule has 1 unspecified atom stereocenters. The van der Waals surface area contributed by atoms with Gasteiger partial charge in [-0.2, -0.15) is 0 Å². The normalized spacial score (nSPS) is 16.1. The molecule has 0 radical (unpaired) electrons. The number of phenols is 1. The lowest BCUT2D eigenvalue weighted by atomic mass is 9.87. The molecule has 0 saturated heterocycles. The number of rotatable bonds is 5. The second-order valence-corrected chi connectivity index (χ2v) is 6.88. The van der Waals surface area contributed by atoms with Gasteiger partial charge in [0.1, 0.15) is 18.1 Å². The summed E-state index contributed by atoms with van der Waals surface area (Å²) in [6.07, 6.45) is -2.99. The van der Waals surface area contributed by atoms with E-state index in [9.17, 15) is 23.1 Å². The summed E-state index contributed by atoms with van der Waals surface area (Å²) in [5.41, 5.74) is 2.76. The number of ether oxygens (including phenoxy) is 2. The van der Waals surface area contributed by atoms with Crippen molar-refractivity contribution in [2.45, 2.75) is 45.2 Å². The van der Waals surface area contributed by atoms with E-state index in [4.69, 9.17) is 4.74 Å².